The SMILES string of the molecule is CN1C(=O)[C@]2(C[C@@H]3[C@H](C=C(C=O)[C@@H](c4ccc(F)cc4)[C@@H]3[N+](=O)[O-])[C@H]2c2ccc(F)cc2)c2ccccc21. The predicted octanol–water partition coefficient (Wildman–Crippen LogP) is 5.17. The largest absolute Gasteiger partial charge is 0.314 e. The molecular weight excluding hydrogens is 490 g/mol. The van der Waals surface area contributed by atoms with E-state index in [1.54, 1.807) is 30.2 Å². The number of nitro groups is 1. The summed E-state index contributed by atoms with van der Waals surface area (Å²) >= 11 is 0. The van der Waals surface area contributed by atoms with Crippen molar-refractivity contribution in [2.24, 2.45) is 11.8 Å². The van der Waals surface area contributed by atoms with Crippen molar-refractivity contribution < 1.29 is 23.3 Å². The number of rotatable bonds is 4. The van der Waals surface area contributed by atoms with E-state index in [0.717, 1.165) is 11.3 Å². The number of carbonyl (C=O) groups excluding carboxylic acids is 2. The zero-order chi connectivity index (χ0) is 26.8. The third-order valence-corrected chi connectivity index (χ3v) is 8.76. The van der Waals surface area contributed by atoms with Crippen molar-refractivity contribution in [2.75, 3.05) is 11.9 Å². The number of fused-ring (bicyclic) bond motifs is 3. The molecule has 1 amide bonds. The first-order valence-electron chi connectivity index (χ1n) is 12.5. The van der Waals surface area contributed by atoms with Gasteiger partial charge in [-0.15, -0.1) is 0 Å². The number of benzene rings is 3. The Labute approximate surface area is 217 Å². The summed E-state index contributed by atoms with van der Waals surface area (Å²) in [5, 5.41) is 12.7. The number of nitrogens with zero attached hydrogens (tertiary/aromatic N) is 2. The summed E-state index contributed by atoms with van der Waals surface area (Å²) in [7, 11) is 1.69. The number of allylic oxidation sites excluding steroid dienone is 1. The molecule has 1 fully saturated rings. The monoisotopic (exact) mass is 514 g/mol. The van der Waals surface area contributed by atoms with Gasteiger partial charge in [-0.3, -0.25) is 19.7 Å². The molecule has 3 aliphatic rings. The van der Waals surface area contributed by atoms with Crippen LogP contribution in [0.2, 0.25) is 0 Å². The first-order chi connectivity index (χ1) is 18.3. The van der Waals surface area contributed by atoms with Crippen molar-refractivity contribution in [1.82, 2.24) is 0 Å². The second-order valence-corrected chi connectivity index (χ2v) is 10.4. The Hall–Kier alpha value is -4.20. The smallest absolute Gasteiger partial charge is 0.238 e. The van der Waals surface area contributed by atoms with Crippen LogP contribution in [0.25, 0.3) is 0 Å². The Kier molecular flexibility index (Phi) is 5.52. The van der Waals surface area contributed by atoms with Crippen molar-refractivity contribution in [3.05, 3.63) is 123 Å². The molecule has 0 saturated heterocycles. The highest BCUT2D eigenvalue weighted by Gasteiger charge is 2.67. The second-order valence-electron chi connectivity index (χ2n) is 10.4. The number of halogens is 2. The Morgan fingerprint density at radius 1 is 0.974 bits per heavy atom. The summed E-state index contributed by atoms with van der Waals surface area (Å²) in [6.07, 6.45) is 2.58. The highest BCUT2D eigenvalue weighted by atomic mass is 19.1. The topological polar surface area (TPSA) is 80.5 Å². The van der Waals surface area contributed by atoms with Crippen LogP contribution in [0, 0.1) is 33.6 Å². The summed E-state index contributed by atoms with van der Waals surface area (Å²) in [4.78, 5) is 40.5. The lowest BCUT2D eigenvalue weighted by Crippen LogP contribution is -2.42. The molecule has 1 spiro atoms. The maximum atomic E-state index is 14.1. The summed E-state index contributed by atoms with van der Waals surface area (Å²) in [5.41, 5.74) is 1.76. The van der Waals surface area contributed by atoms with E-state index in [4.69, 9.17) is 0 Å². The van der Waals surface area contributed by atoms with Gasteiger partial charge in [0.15, 0.2) is 0 Å². The Bertz CT molecular complexity index is 1490. The molecule has 3 aromatic rings. The van der Waals surface area contributed by atoms with E-state index in [9.17, 15) is 28.5 Å². The average molecular weight is 515 g/mol. The molecular formula is C30H24F2N2O4. The predicted molar refractivity (Wildman–Crippen MR) is 136 cm³/mol. The minimum absolute atomic E-state index is 0.177. The number of para-hydroxylation sites is 1. The number of likely N-dealkylation sites (N-methyl/N-ethyl adjacent to an activating group) is 1. The lowest BCUT2D eigenvalue weighted by atomic mass is 9.66. The van der Waals surface area contributed by atoms with Gasteiger partial charge < -0.3 is 4.90 Å². The Morgan fingerprint density at radius 2 is 1.58 bits per heavy atom. The van der Waals surface area contributed by atoms with E-state index in [1.807, 2.05) is 24.3 Å². The normalized spacial score (nSPS) is 29.7. The van der Waals surface area contributed by atoms with E-state index in [2.05, 4.69) is 0 Å². The molecule has 3 aromatic carbocycles. The lowest BCUT2D eigenvalue weighted by Gasteiger charge is -2.36. The molecule has 38 heavy (non-hydrogen) atoms. The number of anilines is 1. The van der Waals surface area contributed by atoms with Gasteiger partial charge >= 0.3 is 0 Å². The minimum atomic E-state index is -1.22. The number of hydrogen-bond donors (Lipinski definition) is 0. The number of hydrogen-bond acceptors (Lipinski definition) is 4. The molecule has 1 saturated carbocycles. The fraction of sp³-hybridized carbons (Fsp3) is 0.267. The summed E-state index contributed by atoms with van der Waals surface area (Å²) in [5.74, 6) is -3.68. The maximum Gasteiger partial charge on any atom is 0.238 e. The minimum Gasteiger partial charge on any atom is -0.314 e. The van der Waals surface area contributed by atoms with Gasteiger partial charge in [0.1, 0.15) is 17.9 Å². The third kappa shape index (κ3) is 3.29. The van der Waals surface area contributed by atoms with E-state index in [-0.39, 0.29) is 22.8 Å². The zero-order valence-electron chi connectivity index (χ0n) is 20.5. The molecule has 1 aliphatic heterocycles. The molecule has 0 aromatic heterocycles. The summed E-state index contributed by atoms with van der Waals surface area (Å²) in [6.45, 7) is 0. The molecule has 6 nitrogen and oxygen atoms in total. The molecule has 2 aliphatic carbocycles. The Balaban J connectivity index is 1.61. The van der Waals surface area contributed by atoms with Gasteiger partial charge in [0.25, 0.3) is 0 Å². The van der Waals surface area contributed by atoms with Crippen LogP contribution in [-0.2, 0) is 15.0 Å². The zero-order valence-corrected chi connectivity index (χ0v) is 20.5. The summed E-state index contributed by atoms with van der Waals surface area (Å²) in [6, 6.07) is 17.5. The molecule has 0 unspecified atom stereocenters. The fourth-order valence-electron chi connectivity index (χ4n) is 7.34. The quantitative estimate of drug-likeness (QED) is 0.273. The number of aldehydes is 1. The van der Waals surface area contributed by atoms with Crippen molar-refractivity contribution in [3.63, 3.8) is 0 Å². The van der Waals surface area contributed by atoms with Crippen LogP contribution in [0.3, 0.4) is 0 Å². The van der Waals surface area contributed by atoms with E-state index >= 15 is 0 Å². The second kappa shape index (κ2) is 8.68. The van der Waals surface area contributed by atoms with Gasteiger partial charge in [0, 0.05) is 35.1 Å². The van der Waals surface area contributed by atoms with Gasteiger partial charge in [0.2, 0.25) is 11.9 Å². The first kappa shape index (κ1) is 24.2. The van der Waals surface area contributed by atoms with Gasteiger partial charge in [0.05, 0.1) is 11.3 Å². The van der Waals surface area contributed by atoms with Crippen LogP contribution in [0.4, 0.5) is 14.5 Å². The maximum absolute atomic E-state index is 14.1. The number of amides is 1. The Morgan fingerprint density at radius 3 is 2.18 bits per heavy atom. The van der Waals surface area contributed by atoms with Crippen molar-refractivity contribution in [1.29, 1.82) is 0 Å². The average Bonchev–Trinajstić information content (AvgIpc) is 3.36. The van der Waals surface area contributed by atoms with Crippen LogP contribution < -0.4 is 4.90 Å². The molecule has 0 radical (unpaired) electrons. The van der Waals surface area contributed by atoms with Crippen LogP contribution in [0.5, 0.6) is 0 Å². The third-order valence-electron chi connectivity index (χ3n) is 8.76. The van der Waals surface area contributed by atoms with Crippen LogP contribution >= 0.6 is 0 Å². The van der Waals surface area contributed by atoms with Crippen molar-refractivity contribution in [2.45, 2.75) is 29.7 Å². The van der Waals surface area contributed by atoms with Crippen LogP contribution in [-0.4, -0.2) is 30.2 Å². The highest BCUT2D eigenvalue weighted by Crippen LogP contribution is 2.65. The van der Waals surface area contributed by atoms with Gasteiger partial charge in [-0.05, 0) is 59.4 Å². The first-order valence-corrected chi connectivity index (χ1v) is 12.5. The number of carbonyl (C=O) groups is 2. The van der Waals surface area contributed by atoms with E-state index < -0.39 is 46.8 Å². The summed E-state index contributed by atoms with van der Waals surface area (Å²) < 4.78 is 27.7. The van der Waals surface area contributed by atoms with E-state index in [0.29, 0.717) is 17.4 Å². The fourth-order valence-corrected chi connectivity index (χ4v) is 7.34. The van der Waals surface area contributed by atoms with Gasteiger partial charge in [-0.2, -0.15) is 0 Å². The van der Waals surface area contributed by atoms with Crippen molar-refractivity contribution in [3.8, 4) is 0 Å². The van der Waals surface area contributed by atoms with Crippen LogP contribution in [0.15, 0.2) is 84.4 Å². The van der Waals surface area contributed by atoms with Gasteiger partial charge in [-0.25, -0.2) is 8.78 Å². The molecule has 1 heterocycles. The molecule has 8 heteroatoms. The van der Waals surface area contributed by atoms with Crippen molar-refractivity contribution >= 4 is 17.9 Å². The molecule has 0 bridgehead atoms. The lowest BCUT2D eigenvalue weighted by molar-refractivity contribution is -0.537. The highest BCUT2D eigenvalue weighted by molar-refractivity contribution is 6.09. The molecule has 192 valence electrons. The molecule has 0 N–H and O–H groups in total. The molecule has 6 rings (SSSR count). The standard InChI is InChI=1S/C30H24F2N2O4/c1-33-25-5-3-2-4-24(25)30(29(33)36)15-23-22(27(30)18-8-12-21(32)13-9-18)14-19(16-35)26(28(23)34(37)38)17-6-10-20(31)11-7-17/h2-14,16,22-23,26-28H,15H2,1H3/t22-,23+,26+,27+,28+,30+/m0/s1. The van der Waals surface area contributed by atoms with E-state index in [1.165, 1.54) is 36.4 Å². The van der Waals surface area contributed by atoms with Gasteiger partial charge in [-0.1, -0.05) is 48.5 Å². The van der Waals surface area contributed by atoms with Crippen LogP contribution in [0.1, 0.15) is 34.9 Å². The molecule has 6 atom stereocenters.